The Balaban J connectivity index is 2.39. The molecule has 0 saturated carbocycles. The number of benzene rings is 2. The molecule has 1 aromatic heterocycles. The average molecular weight is 300 g/mol. The maximum absolute atomic E-state index is 13.6. The molecule has 0 aliphatic rings. The Labute approximate surface area is 122 Å². The van der Waals surface area contributed by atoms with Crippen molar-refractivity contribution < 1.29 is 14.4 Å². The minimum absolute atomic E-state index is 0.00607. The van der Waals surface area contributed by atoms with Gasteiger partial charge in [0, 0.05) is 17.5 Å². The van der Waals surface area contributed by atoms with Crippen molar-refractivity contribution in [2.45, 2.75) is 0 Å². The van der Waals surface area contributed by atoms with Crippen LogP contribution >= 0.6 is 0 Å². The first kappa shape index (κ1) is 13.7. The summed E-state index contributed by atoms with van der Waals surface area (Å²) in [6.45, 7) is 0. The Morgan fingerprint density at radius 1 is 1.18 bits per heavy atom. The maximum atomic E-state index is 13.6. The molecule has 7 heteroatoms. The van der Waals surface area contributed by atoms with Gasteiger partial charge in [-0.25, -0.2) is 0 Å². The van der Waals surface area contributed by atoms with Crippen molar-refractivity contribution in [3.63, 3.8) is 0 Å². The van der Waals surface area contributed by atoms with E-state index in [0.29, 0.717) is 5.56 Å². The molecule has 6 nitrogen and oxygen atoms in total. The third kappa shape index (κ3) is 2.08. The van der Waals surface area contributed by atoms with Crippen LogP contribution < -0.4 is 5.56 Å². The summed E-state index contributed by atoms with van der Waals surface area (Å²) in [6, 6.07) is 10.1. The fourth-order valence-electron chi connectivity index (χ4n) is 2.30. The van der Waals surface area contributed by atoms with Crippen LogP contribution in [0.5, 0.6) is 5.75 Å². The van der Waals surface area contributed by atoms with Gasteiger partial charge in [0.2, 0.25) is 5.82 Å². The second-order valence-corrected chi connectivity index (χ2v) is 4.65. The molecule has 3 rings (SSSR count). The van der Waals surface area contributed by atoms with Gasteiger partial charge in [-0.05, 0) is 5.56 Å². The van der Waals surface area contributed by atoms with E-state index in [1.54, 1.807) is 30.3 Å². The molecule has 0 fully saturated rings. The fourth-order valence-corrected chi connectivity index (χ4v) is 2.30. The molecule has 0 unspecified atom stereocenters. The third-order valence-electron chi connectivity index (χ3n) is 3.31. The first-order valence-electron chi connectivity index (χ1n) is 6.27. The van der Waals surface area contributed by atoms with E-state index in [-0.39, 0.29) is 16.5 Å². The molecule has 0 bridgehead atoms. The summed E-state index contributed by atoms with van der Waals surface area (Å²) in [5, 5.41) is 21.1. The highest BCUT2D eigenvalue weighted by atomic mass is 19.1. The van der Waals surface area contributed by atoms with Crippen molar-refractivity contribution in [1.29, 1.82) is 0 Å². The number of rotatable bonds is 2. The van der Waals surface area contributed by atoms with E-state index in [1.807, 2.05) is 0 Å². The van der Waals surface area contributed by atoms with Gasteiger partial charge >= 0.3 is 5.69 Å². The number of H-pyrrole nitrogens is 1. The Hall–Kier alpha value is -3.22. The zero-order valence-electron chi connectivity index (χ0n) is 11.0. The first-order chi connectivity index (χ1) is 10.5. The van der Waals surface area contributed by atoms with Gasteiger partial charge in [0.1, 0.15) is 5.75 Å². The summed E-state index contributed by atoms with van der Waals surface area (Å²) in [4.78, 5) is 24.5. The summed E-state index contributed by atoms with van der Waals surface area (Å²) in [5.74, 6) is -1.51. The lowest BCUT2D eigenvalue weighted by Gasteiger charge is -2.08. The van der Waals surface area contributed by atoms with Crippen LogP contribution in [0.25, 0.3) is 22.0 Å². The minimum Gasteiger partial charge on any atom is -0.506 e. The lowest BCUT2D eigenvalue weighted by Crippen LogP contribution is -2.09. The van der Waals surface area contributed by atoms with Crippen LogP contribution in [0.15, 0.2) is 47.3 Å². The highest BCUT2D eigenvalue weighted by Gasteiger charge is 2.20. The van der Waals surface area contributed by atoms with Crippen LogP contribution in [-0.4, -0.2) is 15.0 Å². The number of pyridine rings is 1. The van der Waals surface area contributed by atoms with E-state index >= 15 is 0 Å². The molecule has 0 aliphatic heterocycles. The van der Waals surface area contributed by atoms with Crippen LogP contribution in [0.3, 0.4) is 0 Å². The number of aromatic amines is 1. The maximum Gasteiger partial charge on any atom is 0.305 e. The van der Waals surface area contributed by atoms with E-state index in [1.165, 1.54) is 0 Å². The summed E-state index contributed by atoms with van der Waals surface area (Å²) >= 11 is 0. The van der Waals surface area contributed by atoms with E-state index in [0.717, 1.165) is 12.1 Å². The molecule has 3 aromatic rings. The number of aromatic nitrogens is 1. The van der Waals surface area contributed by atoms with E-state index in [9.17, 15) is 24.4 Å². The normalized spacial score (nSPS) is 10.8. The zero-order chi connectivity index (χ0) is 15.9. The van der Waals surface area contributed by atoms with Crippen LogP contribution in [0.1, 0.15) is 0 Å². The molecule has 2 aromatic carbocycles. The second kappa shape index (κ2) is 4.96. The van der Waals surface area contributed by atoms with Gasteiger partial charge in [-0.15, -0.1) is 0 Å². The van der Waals surface area contributed by atoms with Crippen molar-refractivity contribution in [2.24, 2.45) is 0 Å². The van der Waals surface area contributed by atoms with Crippen molar-refractivity contribution >= 4 is 16.6 Å². The summed E-state index contributed by atoms with van der Waals surface area (Å²) in [5.41, 5.74) is -0.951. The van der Waals surface area contributed by atoms with Crippen LogP contribution in [0.4, 0.5) is 10.1 Å². The molecular formula is C15H9FN2O4. The molecule has 0 saturated heterocycles. The Morgan fingerprint density at radius 2 is 1.86 bits per heavy atom. The molecule has 1 heterocycles. The summed E-state index contributed by atoms with van der Waals surface area (Å²) < 4.78 is 13.6. The molecule has 2 N–H and O–H groups in total. The molecular weight excluding hydrogens is 291 g/mol. The number of aromatic hydroxyl groups is 1. The zero-order valence-corrected chi connectivity index (χ0v) is 11.0. The Kier molecular flexibility index (Phi) is 3.10. The number of halogens is 1. The third-order valence-corrected chi connectivity index (χ3v) is 3.31. The predicted molar refractivity (Wildman–Crippen MR) is 78.3 cm³/mol. The number of hydrogen-bond acceptors (Lipinski definition) is 4. The lowest BCUT2D eigenvalue weighted by molar-refractivity contribution is -0.387. The van der Waals surface area contributed by atoms with Gasteiger partial charge in [0.25, 0.3) is 5.56 Å². The van der Waals surface area contributed by atoms with Gasteiger partial charge in [-0.3, -0.25) is 14.9 Å². The van der Waals surface area contributed by atoms with E-state index < -0.39 is 27.7 Å². The van der Waals surface area contributed by atoms with Crippen LogP contribution in [0, 0.1) is 15.9 Å². The molecule has 0 atom stereocenters. The Bertz CT molecular complexity index is 951. The van der Waals surface area contributed by atoms with Crippen molar-refractivity contribution in [2.75, 3.05) is 0 Å². The van der Waals surface area contributed by atoms with Crippen LogP contribution in [0.2, 0.25) is 0 Å². The predicted octanol–water partition coefficient (Wildman–Crippen LogP) is 2.95. The number of fused-ring (bicyclic) bond motifs is 1. The molecule has 22 heavy (non-hydrogen) atoms. The smallest absolute Gasteiger partial charge is 0.305 e. The van der Waals surface area contributed by atoms with Gasteiger partial charge < -0.3 is 10.1 Å². The molecule has 110 valence electrons. The van der Waals surface area contributed by atoms with Crippen molar-refractivity contribution in [1.82, 2.24) is 4.98 Å². The molecule has 0 aliphatic carbocycles. The monoisotopic (exact) mass is 300 g/mol. The number of nitrogens with zero attached hydrogens (tertiary/aromatic N) is 1. The number of nitro groups is 1. The number of hydrogen-bond donors (Lipinski definition) is 2. The highest BCUT2D eigenvalue weighted by molar-refractivity contribution is 5.93. The van der Waals surface area contributed by atoms with E-state index in [4.69, 9.17) is 0 Å². The highest BCUT2D eigenvalue weighted by Crippen LogP contribution is 2.34. The number of nitrogens with one attached hydrogen (secondary N) is 1. The quantitative estimate of drug-likeness (QED) is 0.561. The van der Waals surface area contributed by atoms with Crippen molar-refractivity contribution in [3.05, 3.63) is 68.7 Å². The Morgan fingerprint density at radius 3 is 2.50 bits per heavy atom. The second-order valence-electron chi connectivity index (χ2n) is 4.65. The molecule has 0 amide bonds. The fraction of sp³-hybridized carbons (Fsp3) is 0. The lowest BCUT2D eigenvalue weighted by atomic mass is 10.0. The van der Waals surface area contributed by atoms with Gasteiger partial charge in [0.05, 0.1) is 16.0 Å². The van der Waals surface area contributed by atoms with Gasteiger partial charge in [-0.1, -0.05) is 30.3 Å². The van der Waals surface area contributed by atoms with E-state index in [2.05, 4.69) is 4.98 Å². The average Bonchev–Trinajstić information content (AvgIpc) is 2.47. The standard InChI is InChI=1S/C15H9FN2O4/c16-10-7-11-9(6-12(10)18(21)22)14(19)13(15(20)17-11)8-4-2-1-3-5-8/h1-7H,(H2,17,19,20). The molecule has 0 spiro atoms. The minimum atomic E-state index is -1.08. The molecule has 0 radical (unpaired) electrons. The first-order valence-corrected chi connectivity index (χ1v) is 6.27. The largest absolute Gasteiger partial charge is 0.506 e. The van der Waals surface area contributed by atoms with Crippen molar-refractivity contribution in [3.8, 4) is 16.9 Å². The topological polar surface area (TPSA) is 96.2 Å². The SMILES string of the molecule is O=c1[nH]c2cc(F)c([N+](=O)[O-])cc2c(O)c1-c1ccccc1. The summed E-state index contributed by atoms with van der Waals surface area (Å²) in [6.07, 6.45) is 0. The van der Waals surface area contributed by atoms with Gasteiger partial charge in [-0.2, -0.15) is 4.39 Å². The van der Waals surface area contributed by atoms with Gasteiger partial charge in [0.15, 0.2) is 0 Å². The van der Waals surface area contributed by atoms with Crippen LogP contribution in [-0.2, 0) is 0 Å². The summed E-state index contributed by atoms with van der Waals surface area (Å²) in [7, 11) is 0. The number of nitro benzene ring substituents is 1.